The molecular formula is C15H11IN2O2S. The second-order valence-electron chi connectivity index (χ2n) is 4.43. The zero-order valence-corrected chi connectivity index (χ0v) is 14.1. The fourth-order valence-electron chi connectivity index (χ4n) is 2.17. The third-order valence-corrected chi connectivity index (χ3v) is 4.40. The van der Waals surface area contributed by atoms with Crippen LogP contribution in [0.25, 0.3) is 16.6 Å². The summed E-state index contributed by atoms with van der Waals surface area (Å²) >= 11 is 7.53. The average molecular weight is 410 g/mol. The summed E-state index contributed by atoms with van der Waals surface area (Å²) in [5, 5.41) is 0.617. The van der Waals surface area contributed by atoms with Crippen molar-refractivity contribution in [2.75, 3.05) is 7.11 Å². The molecule has 0 aliphatic rings. The van der Waals surface area contributed by atoms with E-state index in [-0.39, 0.29) is 5.56 Å². The second kappa shape index (κ2) is 5.61. The Morgan fingerprint density at radius 3 is 2.57 bits per heavy atom. The van der Waals surface area contributed by atoms with Crippen LogP contribution in [0.3, 0.4) is 0 Å². The molecule has 0 aliphatic carbocycles. The zero-order chi connectivity index (χ0) is 15.0. The molecule has 0 saturated heterocycles. The van der Waals surface area contributed by atoms with Crippen molar-refractivity contribution in [3.05, 3.63) is 61.2 Å². The molecule has 6 heteroatoms. The lowest BCUT2D eigenvalue weighted by Gasteiger charge is -2.09. The molecule has 0 bridgehead atoms. The van der Waals surface area contributed by atoms with Crippen LogP contribution in [0, 0.1) is 8.34 Å². The molecule has 106 valence electrons. The van der Waals surface area contributed by atoms with Gasteiger partial charge < -0.3 is 9.72 Å². The largest absolute Gasteiger partial charge is 0.497 e. The molecule has 3 rings (SSSR count). The van der Waals surface area contributed by atoms with Gasteiger partial charge in [0, 0.05) is 3.57 Å². The Bertz CT molecular complexity index is 929. The third kappa shape index (κ3) is 2.49. The highest BCUT2D eigenvalue weighted by Crippen LogP contribution is 2.18. The van der Waals surface area contributed by atoms with Gasteiger partial charge in [-0.05, 0) is 71.2 Å². The molecule has 4 nitrogen and oxygen atoms in total. The van der Waals surface area contributed by atoms with Crippen LogP contribution in [-0.4, -0.2) is 16.7 Å². The van der Waals surface area contributed by atoms with Crippen LogP contribution in [0.2, 0.25) is 0 Å². The highest BCUT2D eigenvalue weighted by molar-refractivity contribution is 14.1. The number of hydrogen-bond acceptors (Lipinski definition) is 3. The van der Waals surface area contributed by atoms with Gasteiger partial charge in [0.05, 0.1) is 23.7 Å². The van der Waals surface area contributed by atoms with E-state index >= 15 is 0 Å². The van der Waals surface area contributed by atoms with Crippen LogP contribution >= 0.6 is 34.8 Å². The van der Waals surface area contributed by atoms with Crippen LogP contribution < -0.4 is 10.3 Å². The van der Waals surface area contributed by atoms with Crippen molar-refractivity contribution in [1.82, 2.24) is 9.55 Å². The average Bonchev–Trinajstić information content (AvgIpc) is 2.49. The van der Waals surface area contributed by atoms with Gasteiger partial charge in [-0.1, -0.05) is 6.07 Å². The molecule has 2 aromatic carbocycles. The van der Waals surface area contributed by atoms with Gasteiger partial charge in [-0.15, -0.1) is 0 Å². The summed E-state index contributed by atoms with van der Waals surface area (Å²) in [6.45, 7) is 0. The fourth-order valence-corrected chi connectivity index (χ4v) is 3.09. The summed E-state index contributed by atoms with van der Waals surface area (Å²) in [7, 11) is 1.60. The predicted octanol–water partition coefficient (Wildman–Crippen LogP) is 3.66. The summed E-state index contributed by atoms with van der Waals surface area (Å²) in [5.41, 5.74) is 1.36. The first-order valence-corrected chi connectivity index (χ1v) is 7.68. The van der Waals surface area contributed by atoms with Crippen molar-refractivity contribution in [3.8, 4) is 11.4 Å². The zero-order valence-electron chi connectivity index (χ0n) is 11.1. The minimum atomic E-state index is -0.127. The van der Waals surface area contributed by atoms with E-state index in [1.807, 2.05) is 24.3 Å². The van der Waals surface area contributed by atoms with E-state index in [1.165, 1.54) is 4.57 Å². The molecule has 21 heavy (non-hydrogen) atoms. The molecule has 1 heterocycles. The van der Waals surface area contributed by atoms with E-state index in [4.69, 9.17) is 17.0 Å². The summed E-state index contributed by atoms with van der Waals surface area (Å²) in [6, 6.07) is 12.8. The number of aromatic amines is 1. The standard InChI is InChI=1S/C15H11IN2O2S/c1-20-10-7-5-9(6-8-10)18-14(19)11-3-2-4-12(16)13(11)17-15(18)21/h2-8H,1H3,(H,17,21). The number of ether oxygens (including phenoxy) is 1. The minimum absolute atomic E-state index is 0.127. The van der Waals surface area contributed by atoms with Crippen molar-refractivity contribution in [2.45, 2.75) is 0 Å². The molecule has 1 N–H and O–H groups in total. The SMILES string of the molecule is COc1ccc(-n2c(=S)[nH]c3c(I)cccc3c2=O)cc1. The first-order valence-electron chi connectivity index (χ1n) is 6.20. The highest BCUT2D eigenvalue weighted by atomic mass is 127. The number of fused-ring (bicyclic) bond motifs is 1. The Balaban J connectivity index is 2.32. The van der Waals surface area contributed by atoms with Crippen molar-refractivity contribution in [3.63, 3.8) is 0 Å². The van der Waals surface area contributed by atoms with E-state index in [2.05, 4.69) is 27.6 Å². The second-order valence-corrected chi connectivity index (χ2v) is 5.98. The van der Waals surface area contributed by atoms with Gasteiger partial charge in [0.1, 0.15) is 5.75 Å². The van der Waals surface area contributed by atoms with E-state index in [0.717, 1.165) is 14.8 Å². The van der Waals surface area contributed by atoms with E-state index in [0.29, 0.717) is 15.8 Å². The Hall–Kier alpha value is -1.67. The van der Waals surface area contributed by atoms with Gasteiger partial charge >= 0.3 is 0 Å². The number of nitrogens with one attached hydrogen (secondary N) is 1. The Morgan fingerprint density at radius 2 is 1.90 bits per heavy atom. The number of hydrogen-bond donors (Lipinski definition) is 1. The van der Waals surface area contributed by atoms with Crippen molar-refractivity contribution >= 4 is 45.7 Å². The molecule has 0 amide bonds. The molecule has 0 radical (unpaired) electrons. The first kappa shape index (κ1) is 14.3. The quantitative estimate of drug-likeness (QED) is 0.518. The number of halogens is 1. The number of para-hydroxylation sites is 1. The van der Waals surface area contributed by atoms with Crippen LogP contribution in [0.5, 0.6) is 5.75 Å². The molecule has 0 atom stereocenters. The normalized spacial score (nSPS) is 10.8. The van der Waals surface area contributed by atoms with E-state index < -0.39 is 0 Å². The lowest BCUT2D eigenvalue weighted by Crippen LogP contribution is -2.20. The van der Waals surface area contributed by atoms with Gasteiger partial charge in [-0.2, -0.15) is 0 Å². The fraction of sp³-hybridized carbons (Fsp3) is 0.0667. The molecule has 0 unspecified atom stereocenters. The van der Waals surface area contributed by atoms with Crippen LogP contribution in [0.15, 0.2) is 47.3 Å². The monoisotopic (exact) mass is 410 g/mol. The lowest BCUT2D eigenvalue weighted by molar-refractivity contribution is 0.414. The Morgan fingerprint density at radius 1 is 1.19 bits per heavy atom. The summed E-state index contributed by atoms with van der Waals surface area (Å²) < 4.78 is 7.97. The summed E-state index contributed by atoms with van der Waals surface area (Å²) in [6.07, 6.45) is 0. The number of nitrogens with zero attached hydrogens (tertiary/aromatic N) is 1. The molecule has 0 fully saturated rings. The first-order chi connectivity index (χ1) is 10.1. The predicted molar refractivity (Wildman–Crippen MR) is 94.0 cm³/mol. The van der Waals surface area contributed by atoms with Gasteiger partial charge in [-0.3, -0.25) is 9.36 Å². The number of H-pyrrole nitrogens is 1. The van der Waals surface area contributed by atoms with Gasteiger partial charge in [0.2, 0.25) is 0 Å². The maximum absolute atomic E-state index is 12.7. The van der Waals surface area contributed by atoms with Crippen molar-refractivity contribution in [1.29, 1.82) is 0 Å². The van der Waals surface area contributed by atoms with E-state index in [1.54, 1.807) is 25.3 Å². The molecule has 3 aromatic rings. The topological polar surface area (TPSA) is 47.0 Å². The molecular weight excluding hydrogens is 399 g/mol. The van der Waals surface area contributed by atoms with Crippen LogP contribution in [0.4, 0.5) is 0 Å². The number of benzene rings is 2. The van der Waals surface area contributed by atoms with E-state index in [9.17, 15) is 4.79 Å². The van der Waals surface area contributed by atoms with Crippen molar-refractivity contribution in [2.24, 2.45) is 0 Å². The highest BCUT2D eigenvalue weighted by Gasteiger charge is 2.09. The maximum Gasteiger partial charge on any atom is 0.266 e. The Kier molecular flexibility index (Phi) is 3.81. The number of rotatable bonds is 2. The summed E-state index contributed by atoms with van der Waals surface area (Å²) in [5.74, 6) is 0.733. The molecule has 0 saturated carbocycles. The number of aromatic nitrogens is 2. The van der Waals surface area contributed by atoms with Gasteiger partial charge in [0.15, 0.2) is 4.77 Å². The van der Waals surface area contributed by atoms with Crippen LogP contribution in [-0.2, 0) is 0 Å². The molecule has 0 spiro atoms. The smallest absolute Gasteiger partial charge is 0.266 e. The third-order valence-electron chi connectivity index (χ3n) is 3.21. The summed E-state index contributed by atoms with van der Waals surface area (Å²) in [4.78, 5) is 15.8. The molecule has 1 aromatic heterocycles. The molecule has 0 aliphatic heterocycles. The Labute approximate surface area is 139 Å². The number of methoxy groups -OCH3 is 1. The minimum Gasteiger partial charge on any atom is -0.497 e. The lowest BCUT2D eigenvalue weighted by atomic mass is 10.2. The maximum atomic E-state index is 12.7. The van der Waals surface area contributed by atoms with Gasteiger partial charge in [0.25, 0.3) is 5.56 Å². The van der Waals surface area contributed by atoms with Crippen LogP contribution in [0.1, 0.15) is 0 Å². The van der Waals surface area contributed by atoms with Crippen molar-refractivity contribution < 1.29 is 4.74 Å². The van der Waals surface area contributed by atoms with Gasteiger partial charge in [-0.25, -0.2) is 0 Å².